The van der Waals surface area contributed by atoms with E-state index < -0.39 is 0 Å². The molecule has 7 heteroatoms. The van der Waals surface area contributed by atoms with E-state index in [2.05, 4.69) is 111 Å². The molecule has 0 saturated heterocycles. The van der Waals surface area contributed by atoms with Crippen LogP contribution in [-0.2, 0) is 0 Å². The molecule has 5 aromatic heterocycles. The minimum Gasteiger partial charge on any atom is -0.309 e. The summed E-state index contributed by atoms with van der Waals surface area (Å²) in [6.07, 6.45) is 5.72. The standard InChI is InChI=1S/C42H27N7/c1-3-12-28(13-4-1)41-45-42(29-14-5-2-6-15-29)49(46-41)40-25-35-34-22-23-43-26-38(34)48(39(35)27-44-40)31-17-11-16-30(24-31)47-36-20-9-7-18-32(36)33-19-8-10-21-37(33)47/h1-27H. The molecule has 230 valence electrons. The second kappa shape index (κ2) is 10.9. The van der Waals surface area contributed by atoms with Crippen molar-refractivity contribution in [3.8, 4) is 40.0 Å². The fourth-order valence-corrected chi connectivity index (χ4v) is 7.07. The number of fused-ring (bicyclic) bond motifs is 6. The molecule has 5 aromatic carbocycles. The van der Waals surface area contributed by atoms with Crippen molar-refractivity contribution in [2.45, 2.75) is 0 Å². The van der Waals surface area contributed by atoms with E-state index in [0.717, 1.165) is 50.1 Å². The fourth-order valence-electron chi connectivity index (χ4n) is 7.07. The Balaban J connectivity index is 1.17. The van der Waals surface area contributed by atoms with Gasteiger partial charge >= 0.3 is 0 Å². The molecule has 5 heterocycles. The van der Waals surface area contributed by atoms with Gasteiger partial charge in [0.1, 0.15) is 0 Å². The van der Waals surface area contributed by atoms with Crippen LogP contribution in [0.4, 0.5) is 0 Å². The van der Waals surface area contributed by atoms with E-state index in [1.165, 1.54) is 21.8 Å². The van der Waals surface area contributed by atoms with Gasteiger partial charge in [0.05, 0.1) is 34.5 Å². The van der Waals surface area contributed by atoms with E-state index in [9.17, 15) is 0 Å². The predicted molar refractivity (Wildman–Crippen MR) is 196 cm³/mol. The third-order valence-electron chi connectivity index (χ3n) is 9.25. The monoisotopic (exact) mass is 629 g/mol. The molecule has 0 saturated carbocycles. The lowest BCUT2D eigenvalue weighted by atomic mass is 10.2. The molecule has 7 nitrogen and oxygen atoms in total. The Kier molecular flexibility index (Phi) is 6.04. The first-order valence-electron chi connectivity index (χ1n) is 16.2. The lowest BCUT2D eigenvalue weighted by molar-refractivity contribution is 0.858. The highest BCUT2D eigenvalue weighted by atomic mass is 15.4. The Labute approximate surface area is 281 Å². The zero-order chi connectivity index (χ0) is 32.3. The largest absolute Gasteiger partial charge is 0.309 e. The Morgan fingerprint density at radius 3 is 1.76 bits per heavy atom. The fraction of sp³-hybridized carbons (Fsp3) is 0. The first kappa shape index (κ1) is 27.3. The molecule has 0 aliphatic heterocycles. The summed E-state index contributed by atoms with van der Waals surface area (Å²) in [5, 5.41) is 9.60. The van der Waals surface area contributed by atoms with Crippen LogP contribution in [0.25, 0.3) is 83.6 Å². The average Bonchev–Trinajstić information content (AvgIpc) is 3.86. The molecule has 0 radical (unpaired) electrons. The van der Waals surface area contributed by atoms with E-state index in [1.54, 1.807) is 0 Å². The number of benzene rings is 5. The Morgan fingerprint density at radius 2 is 1.04 bits per heavy atom. The number of nitrogens with zero attached hydrogens (tertiary/aromatic N) is 7. The van der Waals surface area contributed by atoms with Gasteiger partial charge in [0.25, 0.3) is 0 Å². The number of aromatic nitrogens is 7. The van der Waals surface area contributed by atoms with Gasteiger partial charge in [0.15, 0.2) is 17.5 Å². The van der Waals surface area contributed by atoms with Crippen LogP contribution in [0.15, 0.2) is 164 Å². The second-order valence-electron chi connectivity index (χ2n) is 12.1. The molecule has 0 aliphatic carbocycles. The normalized spacial score (nSPS) is 11.7. The Morgan fingerprint density at radius 1 is 0.449 bits per heavy atom. The maximum atomic E-state index is 5.02. The summed E-state index contributed by atoms with van der Waals surface area (Å²) in [4.78, 5) is 14.6. The first-order valence-corrected chi connectivity index (χ1v) is 16.2. The number of rotatable bonds is 5. The van der Waals surface area contributed by atoms with E-state index in [1.807, 2.05) is 71.8 Å². The minimum atomic E-state index is 0.648. The van der Waals surface area contributed by atoms with Crippen LogP contribution < -0.4 is 0 Å². The second-order valence-corrected chi connectivity index (χ2v) is 12.1. The van der Waals surface area contributed by atoms with Gasteiger partial charge < -0.3 is 9.13 Å². The van der Waals surface area contributed by atoms with Gasteiger partial charge in [-0.05, 0) is 42.5 Å². The highest BCUT2D eigenvalue weighted by molar-refractivity contribution is 6.10. The Bertz CT molecular complexity index is 2770. The van der Waals surface area contributed by atoms with Crippen LogP contribution in [0.2, 0.25) is 0 Å². The summed E-state index contributed by atoms with van der Waals surface area (Å²) in [6, 6.07) is 50.2. The van der Waals surface area contributed by atoms with E-state index >= 15 is 0 Å². The van der Waals surface area contributed by atoms with Crippen LogP contribution >= 0.6 is 0 Å². The zero-order valence-corrected chi connectivity index (χ0v) is 26.2. The molecule has 0 aliphatic rings. The quantitative estimate of drug-likeness (QED) is 0.190. The van der Waals surface area contributed by atoms with Crippen molar-refractivity contribution in [1.82, 2.24) is 33.9 Å². The molecule has 0 unspecified atom stereocenters. The summed E-state index contributed by atoms with van der Waals surface area (Å²) in [5.74, 6) is 2.07. The molecule has 0 fully saturated rings. The summed E-state index contributed by atoms with van der Waals surface area (Å²) in [5.41, 5.74) is 8.36. The van der Waals surface area contributed by atoms with E-state index in [0.29, 0.717) is 11.6 Å². The van der Waals surface area contributed by atoms with Gasteiger partial charge in [-0.15, -0.1) is 5.10 Å². The smallest absolute Gasteiger partial charge is 0.182 e. The van der Waals surface area contributed by atoms with Gasteiger partial charge in [0.2, 0.25) is 0 Å². The molecule has 0 N–H and O–H groups in total. The SMILES string of the molecule is c1ccc(-c2nc(-c3ccccc3)n(-c3cc4c5ccncc5n(-c5cccc(-n6c7ccccc7c7ccccc76)c5)c4cn3)n2)cc1. The summed E-state index contributed by atoms with van der Waals surface area (Å²) in [6.45, 7) is 0. The van der Waals surface area contributed by atoms with Crippen LogP contribution in [0.1, 0.15) is 0 Å². The maximum Gasteiger partial charge on any atom is 0.182 e. The van der Waals surface area contributed by atoms with Gasteiger partial charge in [-0.25, -0.2) is 9.97 Å². The summed E-state index contributed by atoms with van der Waals surface area (Å²) < 4.78 is 6.45. The third-order valence-corrected chi connectivity index (χ3v) is 9.25. The number of hydrogen-bond acceptors (Lipinski definition) is 4. The lowest BCUT2D eigenvalue weighted by Gasteiger charge is -2.12. The Hall–Kier alpha value is -6.86. The van der Waals surface area contributed by atoms with Gasteiger partial charge in [-0.3, -0.25) is 4.98 Å². The molecule has 10 aromatic rings. The molecular formula is C42H27N7. The average molecular weight is 630 g/mol. The van der Waals surface area contributed by atoms with Crippen LogP contribution in [0, 0.1) is 0 Å². The number of hydrogen-bond donors (Lipinski definition) is 0. The van der Waals surface area contributed by atoms with Crippen molar-refractivity contribution < 1.29 is 0 Å². The van der Waals surface area contributed by atoms with E-state index in [-0.39, 0.29) is 0 Å². The van der Waals surface area contributed by atoms with Crippen molar-refractivity contribution in [1.29, 1.82) is 0 Å². The molecule has 10 rings (SSSR count). The van der Waals surface area contributed by atoms with Crippen molar-refractivity contribution in [2.24, 2.45) is 0 Å². The number of para-hydroxylation sites is 2. The molecule has 0 spiro atoms. The van der Waals surface area contributed by atoms with Gasteiger partial charge in [-0.1, -0.05) is 103 Å². The summed E-state index contributed by atoms with van der Waals surface area (Å²) >= 11 is 0. The van der Waals surface area contributed by atoms with Crippen LogP contribution in [0.3, 0.4) is 0 Å². The maximum absolute atomic E-state index is 5.02. The molecular weight excluding hydrogens is 603 g/mol. The molecule has 49 heavy (non-hydrogen) atoms. The molecule has 0 atom stereocenters. The van der Waals surface area contributed by atoms with Gasteiger partial charge in [0, 0.05) is 50.2 Å². The predicted octanol–water partition coefficient (Wildman–Crippen LogP) is 9.59. The van der Waals surface area contributed by atoms with Crippen molar-refractivity contribution in [2.75, 3.05) is 0 Å². The lowest BCUT2D eigenvalue weighted by Crippen LogP contribution is -2.03. The highest BCUT2D eigenvalue weighted by Crippen LogP contribution is 2.36. The zero-order valence-electron chi connectivity index (χ0n) is 26.2. The van der Waals surface area contributed by atoms with Gasteiger partial charge in [-0.2, -0.15) is 4.68 Å². The highest BCUT2D eigenvalue weighted by Gasteiger charge is 2.20. The number of pyridine rings is 2. The summed E-state index contributed by atoms with van der Waals surface area (Å²) in [7, 11) is 0. The van der Waals surface area contributed by atoms with Crippen molar-refractivity contribution >= 4 is 43.6 Å². The first-order chi connectivity index (χ1) is 24.3. The molecule has 0 amide bonds. The topological polar surface area (TPSA) is 66.3 Å². The molecule has 0 bridgehead atoms. The van der Waals surface area contributed by atoms with Crippen molar-refractivity contribution in [3.05, 3.63) is 164 Å². The minimum absolute atomic E-state index is 0.648. The third kappa shape index (κ3) is 4.29. The van der Waals surface area contributed by atoms with E-state index in [4.69, 9.17) is 15.1 Å². The van der Waals surface area contributed by atoms with Crippen LogP contribution in [0.5, 0.6) is 0 Å². The van der Waals surface area contributed by atoms with Crippen LogP contribution in [-0.4, -0.2) is 33.9 Å². The van der Waals surface area contributed by atoms with Crippen molar-refractivity contribution in [3.63, 3.8) is 0 Å².